The third kappa shape index (κ3) is 3.00. The lowest BCUT2D eigenvalue weighted by Gasteiger charge is -2.10. The molecule has 0 atom stereocenters. The molecule has 20 heavy (non-hydrogen) atoms. The van der Waals surface area contributed by atoms with Crippen molar-refractivity contribution in [3.8, 4) is 5.75 Å². The lowest BCUT2D eigenvalue weighted by Crippen LogP contribution is -2.14. The van der Waals surface area contributed by atoms with Gasteiger partial charge in [0.1, 0.15) is 11.6 Å². The van der Waals surface area contributed by atoms with E-state index in [2.05, 4.69) is 9.71 Å². The molecule has 3 N–H and O–H groups in total. The van der Waals surface area contributed by atoms with Crippen LogP contribution in [-0.4, -0.2) is 20.5 Å². The predicted molar refractivity (Wildman–Crippen MR) is 77.2 cm³/mol. The van der Waals surface area contributed by atoms with Crippen molar-refractivity contribution in [1.29, 1.82) is 0 Å². The molecule has 1 aromatic carbocycles. The summed E-state index contributed by atoms with van der Waals surface area (Å²) in [6.07, 6.45) is 1.58. The molecule has 0 aliphatic carbocycles. The van der Waals surface area contributed by atoms with Gasteiger partial charge in [0.15, 0.2) is 0 Å². The molecular formula is C13H15N3O3S. The Morgan fingerprint density at radius 1 is 1.25 bits per heavy atom. The molecule has 2 aromatic rings. The second-order valence-electron chi connectivity index (χ2n) is 4.23. The van der Waals surface area contributed by atoms with Crippen molar-refractivity contribution in [2.24, 2.45) is 0 Å². The fourth-order valence-corrected chi connectivity index (χ4v) is 2.65. The van der Waals surface area contributed by atoms with Crippen LogP contribution in [0.3, 0.4) is 0 Å². The smallest absolute Gasteiger partial charge is 0.263 e. The van der Waals surface area contributed by atoms with Gasteiger partial charge < -0.3 is 10.5 Å². The molecule has 0 radical (unpaired) electrons. The largest absolute Gasteiger partial charge is 0.495 e. The van der Waals surface area contributed by atoms with Gasteiger partial charge in [-0.1, -0.05) is 6.07 Å². The number of nitrogen functional groups attached to an aromatic ring is 1. The summed E-state index contributed by atoms with van der Waals surface area (Å²) < 4.78 is 31.8. The SMILES string of the molecule is COc1ccc(S(=O)(=O)Nc2ccc(C)cn2)cc1N. The molecule has 6 nitrogen and oxygen atoms in total. The van der Waals surface area contributed by atoms with E-state index in [1.54, 1.807) is 18.3 Å². The fraction of sp³-hybridized carbons (Fsp3) is 0.154. The van der Waals surface area contributed by atoms with Crippen molar-refractivity contribution in [3.05, 3.63) is 42.1 Å². The monoisotopic (exact) mass is 293 g/mol. The number of rotatable bonds is 4. The molecule has 7 heteroatoms. The highest BCUT2D eigenvalue weighted by Gasteiger charge is 2.16. The number of hydrogen-bond acceptors (Lipinski definition) is 5. The minimum absolute atomic E-state index is 0.0539. The molecule has 106 valence electrons. The van der Waals surface area contributed by atoms with Crippen molar-refractivity contribution >= 4 is 21.5 Å². The van der Waals surface area contributed by atoms with Crippen LogP contribution in [0.4, 0.5) is 11.5 Å². The van der Waals surface area contributed by atoms with Crippen LogP contribution in [0.1, 0.15) is 5.56 Å². The van der Waals surface area contributed by atoms with Crippen LogP contribution in [0.15, 0.2) is 41.4 Å². The van der Waals surface area contributed by atoms with Gasteiger partial charge in [-0.3, -0.25) is 4.72 Å². The summed E-state index contributed by atoms with van der Waals surface area (Å²) in [7, 11) is -2.26. The zero-order valence-corrected chi connectivity index (χ0v) is 11.9. The van der Waals surface area contributed by atoms with E-state index in [4.69, 9.17) is 10.5 Å². The quantitative estimate of drug-likeness (QED) is 0.838. The number of nitrogens with zero attached hydrogens (tertiary/aromatic N) is 1. The molecule has 0 unspecified atom stereocenters. The van der Waals surface area contributed by atoms with Crippen LogP contribution in [-0.2, 0) is 10.0 Å². The van der Waals surface area contributed by atoms with E-state index in [0.29, 0.717) is 5.75 Å². The van der Waals surface area contributed by atoms with Crippen molar-refractivity contribution in [1.82, 2.24) is 4.98 Å². The lowest BCUT2D eigenvalue weighted by molar-refractivity contribution is 0.416. The van der Waals surface area contributed by atoms with Gasteiger partial charge in [0, 0.05) is 6.20 Å². The molecule has 1 aromatic heterocycles. The Balaban J connectivity index is 2.30. The van der Waals surface area contributed by atoms with E-state index in [9.17, 15) is 8.42 Å². The van der Waals surface area contributed by atoms with Gasteiger partial charge >= 0.3 is 0 Å². The van der Waals surface area contributed by atoms with Gasteiger partial charge in [0.25, 0.3) is 10.0 Å². The van der Waals surface area contributed by atoms with Gasteiger partial charge in [0.2, 0.25) is 0 Å². The van der Waals surface area contributed by atoms with Crippen LogP contribution in [0.5, 0.6) is 5.75 Å². The zero-order chi connectivity index (χ0) is 14.8. The highest BCUT2D eigenvalue weighted by Crippen LogP contribution is 2.25. The number of methoxy groups -OCH3 is 1. The van der Waals surface area contributed by atoms with Gasteiger partial charge in [-0.2, -0.15) is 0 Å². The standard InChI is InChI=1S/C13H15N3O3S/c1-9-3-6-13(15-8-9)16-20(17,18)10-4-5-12(19-2)11(14)7-10/h3-8H,14H2,1-2H3,(H,15,16). The second-order valence-corrected chi connectivity index (χ2v) is 5.91. The lowest BCUT2D eigenvalue weighted by atomic mass is 10.3. The first kappa shape index (κ1) is 14.1. The van der Waals surface area contributed by atoms with Gasteiger partial charge in [0.05, 0.1) is 17.7 Å². The summed E-state index contributed by atoms with van der Waals surface area (Å²) in [5, 5.41) is 0. The Kier molecular flexibility index (Phi) is 3.80. The van der Waals surface area contributed by atoms with Crippen LogP contribution < -0.4 is 15.2 Å². The highest BCUT2D eigenvalue weighted by atomic mass is 32.2. The Morgan fingerprint density at radius 2 is 2.00 bits per heavy atom. The van der Waals surface area contributed by atoms with Crippen LogP contribution in [0.2, 0.25) is 0 Å². The van der Waals surface area contributed by atoms with E-state index in [1.807, 2.05) is 6.92 Å². The summed E-state index contributed by atoms with van der Waals surface area (Å²) in [5.41, 5.74) is 6.91. The molecule has 2 rings (SSSR count). The number of ether oxygens (including phenoxy) is 1. The average molecular weight is 293 g/mol. The minimum atomic E-state index is -3.72. The van der Waals surface area contributed by atoms with Crippen LogP contribution in [0, 0.1) is 6.92 Å². The number of pyridine rings is 1. The molecule has 0 spiro atoms. The van der Waals surface area contributed by atoms with E-state index < -0.39 is 10.0 Å². The summed E-state index contributed by atoms with van der Waals surface area (Å²) in [5.74, 6) is 0.683. The third-order valence-electron chi connectivity index (χ3n) is 2.66. The molecule has 0 aliphatic heterocycles. The summed E-state index contributed by atoms with van der Waals surface area (Å²) in [6, 6.07) is 7.64. The number of sulfonamides is 1. The molecule has 0 fully saturated rings. The number of anilines is 2. The number of aryl methyl sites for hydroxylation is 1. The van der Waals surface area contributed by atoms with Crippen molar-refractivity contribution in [2.75, 3.05) is 17.6 Å². The molecule has 0 saturated heterocycles. The number of benzene rings is 1. The van der Waals surface area contributed by atoms with E-state index >= 15 is 0 Å². The number of nitrogens with one attached hydrogen (secondary N) is 1. The third-order valence-corrected chi connectivity index (χ3v) is 4.01. The molecular weight excluding hydrogens is 278 g/mol. The Bertz CT molecular complexity index is 712. The first-order chi connectivity index (χ1) is 9.42. The maximum atomic E-state index is 12.2. The maximum Gasteiger partial charge on any atom is 0.263 e. The number of nitrogens with two attached hydrogens (primary N) is 1. The van der Waals surface area contributed by atoms with E-state index in [1.165, 1.54) is 25.3 Å². The van der Waals surface area contributed by atoms with E-state index in [0.717, 1.165) is 5.56 Å². The van der Waals surface area contributed by atoms with Crippen LogP contribution in [0.25, 0.3) is 0 Å². The van der Waals surface area contributed by atoms with Crippen molar-refractivity contribution in [2.45, 2.75) is 11.8 Å². The topological polar surface area (TPSA) is 94.3 Å². The van der Waals surface area contributed by atoms with Crippen LogP contribution >= 0.6 is 0 Å². The van der Waals surface area contributed by atoms with Gasteiger partial charge in [-0.05, 0) is 36.8 Å². The average Bonchev–Trinajstić information content (AvgIpc) is 2.41. The first-order valence-electron chi connectivity index (χ1n) is 5.81. The Hall–Kier alpha value is -2.28. The van der Waals surface area contributed by atoms with Gasteiger partial charge in [-0.25, -0.2) is 13.4 Å². The summed E-state index contributed by atoms with van der Waals surface area (Å²) >= 11 is 0. The second kappa shape index (κ2) is 5.38. The zero-order valence-electron chi connectivity index (χ0n) is 11.1. The Morgan fingerprint density at radius 3 is 2.55 bits per heavy atom. The molecule has 0 saturated carbocycles. The molecule has 1 heterocycles. The highest BCUT2D eigenvalue weighted by molar-refractivity contribution is 7.92. The van der Waals surface area contributed by atoms with Gasteiger partial charge in [-0.15, -0.1) is 0 Å². The minimum Gasteiger partial charge on any atom is -0.495 e. The Labute approximate surface area is 117 Å². The van der Waals surface area contributed by atoms with E-state index in [-0.39, 0.29) is 16.4 Å². The summed E-state index contributed by atoms with van der Waals surface area (Å²) in [4.78, 5) is 4.05. The number of hydrogen-bond donors (Lipinski definition) is 2. The maximum absolute atomic E-state index is 12.2. The number of aromatic nitrogens is 1. The summed E-state index contributed by atoms with van der Waals surface area (Å²) in [6.45, 7) is 1.87. The fourth-order valence-electron chi connectivity index (χ4n) is 1.60. The molecule has 0 bridgehead atoms. The normalized spacial score (nSPS) is 11.1. The van der Waals surface area contributed by atoms with Crippen molar-refractivity contribution in [3.63, 3.8) is 0 Å². The van der Waals surface area contributed by atoms with Crippen molar-refractivity contribution < 1.29 is 13.2 Å². The first-order valence-corrected chi connectivity index (χ1v) is 7.29. The predicted octanol–water partition coefficient (Wildman–Crippen LogP) is 1.78. The molecule has 0 aliphatic rings. The molecule has 0 amide bonds.